The molecule has 5 atom stereocenters. The van der Waals surface area contributed by atoms with Gasteiger partial charge in [-0.15, -0.1) is 0 Å². The molecule has 7 rings (SSSR count). The van der Waals surface area contributed by atoms with E-state index in [0.717, 1.165) is 40.9 Å². The zero-order valence-corrected chi connectivity index (χ0v) is 32.1. The molecule has 4 heterocycles. The average molecular weight is 785 g/mol. The quantitative estimate of drug-likeness (QED) is 0.102. The Morgan fingerprint density at radius 1 is 0.741 bits per heavy atom. The number of hydrogen-bond donors (Lipinski definition) is 6. The SMILES string of the molecule is COC(=O)N[C@@H](C(=O)N[C@@H](C)c1ncc(-c2ccc(-c3ncc(C4=CNC([C@@H]5CCCN5C(=O)[C@H](NC(=O)OC)c5ccccc5)N4)cn3)cc2)[nH]1)c1ccccc1. The summed E-state index contributed by atoms with van der Waals surface area (Å²) in [6.07, 6.45) is 7.04. The van der Waals surface area contributed by atoms with Crippen LogP contribution in [0.1, 0.15) is 60.4 Å². The molecule has 0 spiro atoms. The lowest BCUT2D eigenvalue weighted by Gasteiger charge is -2.33. The Labute approximate surface area is 334 Å². The van der Waals surface area contributed by atoms with E-state index in [9.17, 15) is 19.2 Å². The van der Waals surface area contributed by atoms with Crippen molar-refractivity contribution in [1.29, 1.82) is 0 Å². The summed E-state index contributed by atoms with van der Waals surface area (Å²) < 4.78 is 9.54. The summed E-state index contributed by atoms with van der Waals surface area (Å²) in [6.45, 7) is 2.37. The molecule has 1 fully saturated rings. The van der Waals surface area contributed by atoms with E-state index in [2.05, 4.69) is 46.5 Å². The number of alkyl carbamates (subject to hydrolysis) is 2. The molecule has 58 heavy (non-hydrogen) atoms. The number of likely N-dealkylation sites (tertiary alicyclic amines) is 1. The summed E-state index contributed by atoms with van der Waals surface area (Å²) in [4.78, 5) is 70.2. The molecule has 0 aliphatic carbocycles. The highest BCUT2D eigenvalue weighted by atomic mass is 16.5. The molecule has 298 valence electrons. The van der Waals surface area contributed by atoms with Crippen molar-refractivity contribution in [3.63, 3.8) is 0 Å². The molecule has 2 aliphatic heterocycles. The number of methoxy groups -OCH3 is 2. The first-order valence-corrected chi connectivity index (χ1v) is 18.8. The number of imidazole rings is 1. The van der Waals surface area contributed by atoms with Crippen LogP contribution in [0.25, 0.3) is 28.3 Å². The van der Waals surface area contributed by atoms with E-state index in [1.807, 2.05) is 71.8 Å². The van der Waals surface area contributed by atoms with E-state index in [0.29, 0.717) is 29.3 Å². The predicted molar refractivity (Wildman–Crippen MR) is 214 cm³/mol. The molecule has 5 aromatic rings. The molecular weight excluding hydrogens is 741 g/mol. The second-order valence-corrected chi connectivity index (χ2v) is 13.8. The number of aromatic nitrogens is 4. The van der Waals surface area contributed by atoms with E-state index < -0.39 is 36.2 Å². The van der Waals surface area contributed by atoms with Gasteiger partial charge in [-0.3, -0.25) is 9.59 Å². The van der Waals surface area contributed by atoms with E-state index in [1.165, 1.54) is 14.2 Å². The fourth-order valence-corrected chi connectivity index (χ4v) is 7.09. The van der Waals surface area contributed by atoms with Crippen molar-refractivity contribution < 1.29 is 28.7 Å². The summed E-state index contributed by atoms with van der Waals surface area (Å²) in [6, 6.07) is 23.3. The Morgan fingerprint density at radius 2 is 1.34 bits per heavy atom. The van der Waals surface area contributed by atoms with Gasteiger partial charge in [0.25, 0.3) is 0 Å². The maximum Gasteiger partial charge on any atom is 0.407 e. The summed E-state index contributed by atoms with van der Waals surface area (Å²) in [5.74, 6) is 0.475. The molecule has 1 saturated heterocycles. The van der Waals surface area contributed by atoms with Crippen molar-refractivity contribution in [1.82, 2.24) is 51.4 Å². The molecule has 2 aliphatic rings. The number of benzene rings is 3. The van der Waals surface area contributed by atoms with E-state index in [4.69, 9.17) is 9.47 Å². The van der Waals surface area contributed by atoms with E-state index >= 15 is 0 Å². The van der Waals surface area contributed by atoms with Crippen LogP contribution in [-0.2, 0) is 19.1 Å². The monoisotopic (exact) mass is 784 g/mol. The van der Waals surface area contributed by atoms with Crippen LogP contribution in [0.5, 0.6) is 0 Å². The van der Waals surface area contributed by atoms with Crippen molar-refractivity contribution in [3.8, 4) is 22.6 Å². The Hall–Kier alpha value is -7.23. The minimum atomic E-state index is -0.952. The third kappa shape index (κ3) is 8.75. The van der Waals surface area contributed by atoms with Gasteiger partial charge in [-0.05, 0) is 36.5 Å². The van der Waals surface area contributed by atoms with Crippen LogP contribution in [-0.4, -0.2) is 81.8 Å². The number of rotatable bonds is 12. The van der Waals surface area contributed by atoms with Gasteiger partial charge in [-0.2, -0.15) is 0 Å². The second-order valence-electron chi connectivity index (χ2n) is 13.8. The Balaban J connectivity index is 0.958. The molecule has 4 amide bonds. The summed E-state index contributed by atoms with van der Waals surface area (Å²) in [7, 11) is 2.52. The van der Waals surface area contributed by atoms with Gasteiger partial charge in [0.1, 0.15) is 24.1 Å². The number of amides is 4. The van der Waals surface area contributed by atoms with Gasteiger partial charge >= 0.3 is 12.2 Å². The Kier molecular flexibility index (Phi) is 11.9. The van der Waals surface area contributed by atoms with Gasteiger partial charge in [-0.1, -0.05) is 84.9 Å². The summed E-state index contributed by atoms with van der Waals surface area (Å²) in [5.41, 5.74) is 5.32. The van der Waals surface area contributed by atoms with Crippen LogP contribution in [0.15, 0.2) is 110 Å². The minimum absolute atomic E-state index is 0.166. The van der Waals surface area contributed by atoms with Gasteiger partial charge in [0, 0.05) is 36.3 Å². The van der Waals surface area contributed by atoms with Gasteiger partial charge < -0.3 is 45.9 Å². The normalized spacial score (nSPS) is 17.4. The fourth-order valence-electron chi connectivity index (χ4n) is 7.09. The molecule has 0 bridgehead atoms. The predicted octanol–water partition coefficient (Wildman–Crippen LogP) is 4.71. The van der Waals surface area contributed by atoms with Crippen molar-refractivity contribution in [2.45, 2.75) is 50.1 Å². The van der Waals surface area contributed by atoms with E-state index in [-0.39, 0.29) is 18.1 Å². The van der Waals surface area contributed by atoms with Gasteiger partial charge in [-0.25, -0.2) is 24.5 Å². The van der Waals surface area contributed by atoms with Crippen molar-refractivity contribution in [2.24, 2.45) is 0 Å². The minimum Gasteiger partial charge on any atom is -0.453 e. The first kappa shape index (κ1) is 39.0. The lowest BCUT2D eigenvalue weighted by molar-refractivity contribution is -0.135. The fraction of sp³-hybridized carbons (Fsp3) is 0.262. The zero-order chi connectivity index (χ0) is 40.6. The highest BCUT2D eigenvalue weighted by Crippen LogP contribution is 2.29. The number of nitrogens with one attached hydrogen (secondary N) is 6. The maximum absolute atomic E-state index is 13.9. The highest BCUT2D eigenvalue weighted by Gasteiger charge is 2.40. The van der Waals surface area contributed by atoms with Crippen LogP contribution >= 0.6 is 0 Å². The zero-order valence-electron chi connectivity index (χ0n) is 32.1. The Morgan fingerprint density at radius 3 is 1.98 bits per heavy atom. The maximum atomic E-state index is 13.9. The number of H-pyrrole nitrogens is 1. The van der Waals surface area contributed by atoms with Gasteiger partial charge in [0.15, 0.2) is 5.82 Å². The molecule has 0 saturated carbocycles. The van der Waals surface area contributed by atoms with Gasteiger partial charge in [0.2, 0.25) is 11.8 Å². The number of carbonyl (C=O) groups is 4. The van der Waals surface area contributed by atoms with Gasteiger partial charge in [0.05, 0.1) is 43.9 Å². The third-order valence-corrected chi connectivity index (χ3v) is 10.1. The number of hydrogen-bond acceptors (Lipinski definition) is 11. The van der Waals surface area contributed by atoms with Crippen molar-refractivity contribution in [3.05, 3.63) is 132 Å². The number of ether oxygens (including phenoxy) is 2. The lowest BCUT2D eigenvalue weighted by atomic mass is 10.0. The molecule has 3 aromatic carbocycles. The molecular formula is C42H44N10O6. The summed E-state index contributed by atoms with van der Waals surface area (Å²) >= 11 is 0. The summed E-state index contributed by atoms with van der Waals surface area (Å²) in [5, 5.41) is 15.1. The molecule has 0 radical (unpaired) electrons. The largest absolute Gasteiger partial charge is 0.453 e. The molecule has 1 unspecified atom stereocenters. The van der Waals surface area contributed by atoms with Crippen LogP contribution < -0.4 is 26.6 Å². The standard InChI is InChI=1S/C42H44N10O6/c1-25(47-39(53)34(50-41(55)57-2)27-11-6-4-7-12-27)36-45-23-31(48-36)26-16-18-29(19-17-26)37-43-21-30(22-44-37)32-24-46-38(49-32)33-15-10-20-52(33)40(54)35(51-42(56)58-3)28-13-8-5-9-14-28/h4-9,11-14,16-19,21-25,33-35,38,46,49H,10,15,20H2,1-3H3,(H,45,48)(H,47,53)(H,50,55)(H,51,56)/t25-,33-,34+,35+,38?/m0/s1. The topological polar surface area (TPSA) is 205 Å². The number of aromatic amines is 1. The first-order chi connectivity index (χ1) is 28.2. The van der Waals surface area contributed by atoms with Crippen LogP contribution in [0, 0.1) is 0 Å². The van der Waals surface area contributed by atoms with Crippen molar-refractivity contribution >= 4 is 29.7 Å². The van der Waals surface area contributed by atoms with Crippen LogP contribution in [0.4, 0.5) is 9.59 Å². The number of nitrogens with zero attached hydrogens (tertiary/aromatic N) is 4. The van der Waals surface area contributed by atoms with Crippen molar-refractivity contribution in [2.75, 3.05) is 20.8 Å². The highest BCUT2D eigenvalue weighted by molar-refractivity contribution is 5.88. The smallest absolute Gasteiger partial charge is 0.407 e. The number of carbonyl (C=O) groups excluding carboxylic acids is 4. The second kappa shape index (κ2) is 17.7. The first-order valence-electron chi connectivity index (χ1n) is 18.8. The van der Waals surface area contributed by atoms with E-state index in [1.54, 1.807) is 49.8 Å². The lowest BCUT2D eigenvalue weighted by Crippen LogP contribution is -2.54. The third-order valence-electron chi connectivity index (χ3n) is 10.1. The van der Waals surface area contributed by atoms with Crippen LogP contribution in [0.2, 0.25) is 0 Å². The molecule has 16 nitrogen and oxygen atoms in total. The molecule has 2 aromatic heterocycles. The average Bonchev–Trinajstić information content (AvgIpc) is 4.07. The molecule has 16 heteroatoms. The Bertz CT molecular complexity index is 2250. The molecule has 6 N–H and O–H groups in total. The van der Waals surface area contributed by atoms with Crippen LogP contribution in [0.3, 0.4) is 0 Å².